The quantitative estimate of drug-likeness (QED) is 0.768. The molecule has 0 aliphatic heterocycles. The first-order valence-corrected chi connectivity index (χ1v) is 7.97. The standard InChI is InChI=1S/C19H21N3O/c1-3-14(2)15-8-4-5-9-16(15)21-19(23)12-22-13-20-17-10-6-7-11-18(17)22/h4-11,13-14H,3,12H2,1-2H3,(H,21,23). The van der Waals surface area contributed by atoms with Crippen LogP contribution in [0.25, 0.3) is 11.0 Å². The second-order valence-corrected chi connectivity index (χ2v) is 5.81. The van der Waals surface area contributed by atoms with E-state index in [9.17, 15) is 4.79 Å². The van der Waals surface area contributed by atoms with Gasteiger partial charge in [0.25, 0.3) is 0 Å². The third-order valence-corrected chi connectivity index (χ3v) is 4.22. The fourth-order valence-electron chi connectivity index (χ4n) is 2.74. The molecule has 0 spiro atoms. The van der Waals surface area contributed by atoms with Crippen molar-refractivity contribution in [2.75, 3.05) is 5.32 Å². The van der Waals surface area contributed by atoms with E-state index in [2.05, 4.69) is 30.2 Å². The summed E-state index contributed by atoms with van der Waals surface area (Å²) in [6.45, 7) is 4.59. The highest BCUT2D eigenvalue weighted by atomic mass is 16.1. The molecule has 0 aliphatic rings. The van der Waals surface area contributed by atoms with Crippen LogP contribution in [-0.2, 0) is 11.3 Å². The zero-order valence-electron chi connectivity index (χ0n) is 13.5. The second-order valence-electron chi connectivity index (χ2n) is 5.81. The lowest BCUT2D eigenvalue weighted by molar-refractivity contribution is -0.116. The maximum absolute atomic E-state index is 12.4. The first-order valence-electron chi connectivity index (χ1n) is 7.97. The summed E-state index contributed by atoms with van der Waals surface area (Å²) >= 11 is 0. The summed E-state index contributed by atoms with van der Waals surface area (Å²) < 4.78 is 1.87. The van der Waals surface area contributed by atoms with Gasteiger partial charge in [-0.05, 0) is 36.1 Å². The van der Waals surface area contributed by atoms with Gasteiger partial charge in [0, 0.05) is 5.69 Å². The van der Waals surface area contributed by atoms with Crippen molar-refractivity contribution >= 4 is 22.6 Å². The Balaban J connectivity index is 1.78. The van der Waals surface area contributed by atoms with Gasteiger partial charge in [0.15, 0.2) is 0 Å². The van der Waals surface area contributed by atoms with Crippen LogP contribution in [0, 0.1) is 0 Å². The molecule has 3 rings (SSSR count). The number of carbonyl (C=O) groups excluding carboxylic acids is 1. The van der Waals surface area contributed by atoms with E-state index in [1.165, 1.54) is 5.56 Å². The van der Waals surface area contributed by atoms with Crippen molar-refractivity contribution in [3.8, 4) is 0 Å². The summed E-state index contributed by atoms with van der Waals surface area (Å²) in [7, 11) is 0. The lowest BCUT2D eigenvalue weighted by atomic mass is 9.97. The van der Waals surface area contributed by atoms with Crippen LogP contribution in [-0.4, -0.2) is 15.5 Å². The van der Waals surface area contributed by atoms with E-state index in [-0.39, 0.29) is 12.5 Å². The number of hydrogen-bond acceptors (Lipinski definition) is 2. The SMILES string of the molecule is CCC(C)c1ccccc1NC(=O)Cn1cnc2ccccc21. The third-order valence-electron chi connectivity index (χ3n) is 4.22. The van der Waals surface area contributed by atoms with Gasteiger partial charge >= 0.3 is 0 Å². The van der Waals surface area contributed by atoms with E-state index >= 15 is 0 Å². The predicted octanol–water partition coefficient (Wildman–Crippen LogP) is 4.19. The number of nitrogens with zero attached hydrogens (tertiary/aromatic N) is 2. The molecule has 0 fully saturated rings. The molecule has 0 aliphatic carbocycles. The normalized spacial score (nSPS) is 12.3. The first kappa shape index (κ1) is 15.3. The smallest absolute Gasteiger partial charge is 0.244 e. The van der Waals surface area contributed by atoms with Gasteiger partial charge in [0.1, 0.15) is 6.54 Å². The molecule has 0 bridgehead atoms. The average Bonchev–Trinajstić information content (AvgIpc) is 2.98. The molecule has 1 unspecified atom stereocenters. The van der Waals surface area contributed by atoms with Gasteiger partial charge < -0.3 is 9.88 Å². The number of para-hydroxylation sites is 3. The summed E-state index contributed by atoms with van der Waals surface area (Å²) in [6, 6.07) is 15.8. The maximum Gasteiger partial charge on any atom is 0.244 e. The highest BCUT2D eigenvalue weighted by molar-refractivity contribution is 5.92. The number of imidazole rings is 1. The van der Waals surface area contributed by atoms with Crippen molar-refractivity contribution < 1.29 is 4.79 Å². The van der Waals surface area contributed by atoms with Crippen LogP contribution >= 0.6 is 0 Å². The Morgan fingerprint density at radius 1 is 1.17 bits per heavy atom. The van der Waals surface area contributed by atoms with E-state index in [0.717, 1.165) is 23.1 Å². The fourth-order valence-corrected chi connectivity index (χ4v) is 2.74. The van der Waals surface area contributed by atoms with E-state index < -0.39 is 0 Å². The Morgan fingerprint density at radius 2 is 1.91 bits per heavy atom. The van der Waals surface area contributed by atoms with Crippen LogP contribution in [0.3, 0.4) is 0 Å². The predicted molar refractivity (Wildman–Crippen MR) is 93.5 cm³/mol. The minimum Gasteiger partial charge on any atom is -0.324 e. The van der Waals surface area contributed by atoms with Crippen molar-refractivity contribution in [3.63, 3.8) is 0 Å². The monoisotopic (exact) mass is 307 g/mol. The molecule has 0 saturated heterocycles. The van der Waals surface area contributed by atoms with Crippen molar-refractivity contribution in [1.29, 1.82) is 0 Å². The van der Waals surface area contributed by atoms with Gasteiger partial charge in [0.05, 0.1) is 17.4 Å². The van der Waals surface area contributed by atoms with Crippen LogP contribution in [0.5, 0.6) is 0 Å². The molecule has 118 valence electrons. The first-order chi connectivity index (χ1) is 11.2. The van der Waals surface area contributed by atoms with E-state index in [1.807, 2.05) is 47.0 Å². The number of amides is 1. The summed E-state index contributed by atoms with van der Waals surface area (Å²) in [5.74, 6) is 0.379. The zero-order chi connectivity index (χ0) is 16.2. The van der Waals surface area contributed by atoms with Gasteiger partial charge in [-0.25, -0.2) is 4.98 Å². The van der Waals surface area contributed by atoms with Gasteiger partial charge in [-0.3, -0.25) is 4.79 Å². The molecule has 4 nitrogen and oxygen atoms in total. The van der Waals surface area contributed by atoms with Crippen LogP contribution < -0.4 is 5.32 Å². The number of anilines is 1. The Labute approximate surface area is 136 Å². The molecule has 1 atom stereocenters. The van der Waals surface area contributed by atoms with E-state index in [4.69, 9.17) is 0 Å². The van der Waals surface area contributed by atoms with Crippen LogP contribution in [0.4, 0.5) is 5.69 Å². The fraction of sp³-hybridized carbons (Fsp3) is 0.263. The summed E-state index contributed by atoms with van der Waals surface area (Å²) in [6.07, 6.45) is 2.75. The van der Waals surface area contributed by atoms with Crippen molar-refractivity contribution in [2.45, 2.75) is 32.7 Å². The Morgan fingerprint density at radius 3 is 2.74 bits per heavy atom. The summed E-state index contributed by atoms with van der Waals surface area (Å²) in [5.41, 5.74) is 3.95. The Kier molecular flexibility index (Phi) is 4.42. The van der Waals surface area contributed by atoms with Crippen molar-refractivity contribution in [1.82, 2.24) is 9.55 Å². The zero-order valence-corrected chi connectivity index (χ0v) is 13.5. The van der Waals surface area contributed by atoms with Gasteiger partial charge in [-0.15, -0.1) is 0 Å². The summed E-state index contributed by atoms with van der Waals surface area (Å²) in [4.78, 5) is 16.7. The van der Waals surface area contributed by atoms with Crippen LogP contribution in [0.15, 0.2) is 54.9 Å². The van der Waals surface area contributed by atoms with Gasteiger partial charge in [-0.2, -0.15) is 0 Å². The highest BCUT2D eigenvalue weighted by Crippen LogP contribution is 2.26. The molecule has 1 heterocycles. The molecule has 0 radical (unpaired) electrons. The molecular formula is C19H21N3O. The minimum atomic E-state index is -0.0380. The minimum absolute atomic E-state index is 0.0380. The van der Waals surface area contributed by atoms with E-state index in [0.29, 0.717) is 5.92 Å². The van der Waals surface area contributed by atoms with Crippen LogP contribution in [0.1, 0.15) is 31.7 Å². The maximum atomic E-state index is 12.4. The highest BCUT2D eigenvalue weighted by Gasteiger charge is 2.12. The van der Waals surface area contributed by atoms with Crippen LogP contribution in [0.2, 0.25) is 0 Å². The number of hydrogen-bond donors (Lipinski definition) is 1. The number of rotatable bonds is 5. The average molecular weight is 307 g/mol. The third kappa shape index (κ3) is 3.26. The molecule has 2 aromatic carbocycles. The number of benzene rings is 2. The molecule has 4 heteroatoms. The second kappa shape index (κ2) is 6.65. The Hall–Kier alpha value is -2.62. The summed E-state index contributed by atoms with van der Waals surface area (Å²) in [5, 5.41) is 3.04. The number of aromatic nitrogens is 2. The molecule has 23 heavy (non-hydrogen) atoms. The Bertz CT molecular complexity index is 822. The largest absolute Gasteiger partial charge is 0.324 e. The number of carbonyl (C=O) groups is 1. The lowest BCUT2D eigenvalue weighted by Gasteiger charge is -2.15. The molecule has 1 N–H and O–H groups in total. The number of fused-ring (bicyclic) bond motifs is 1. The van der Waals surface area contributed by atoms with Crippen molar-refractivity contribution in [2.24, 2.45) is 0 Å². The van der Waals surface area contributed by atoms with Crippen molar-refractivity contribution in [3.05, 3.63) is 60.4 Å². The lowest BCUT2D eigenvalue weighted by Crippen LogP contribution is -2.19. The van der Waals surface area contributed by atoms with Gasteiger partial charge in [0.2, 0.25) is 5.91 Å². The molecule has 0 saturated carbocycles. The molecule has 1 aromatic heterocycles. The van der Waals surface area contributed by atoms with Gasteiger partial charge in [-0.1, -0.05) is 44.2 Å². The molecular weight excluding hydrogens is 286 g/mol. The van der Waals surface area contributed by atoms with E-state index in [1.54, 1.807) is 6.33 Å². The topological polar surface area (TPSA) is 46.9 Å². The molecule has 1 amide bonds. The number of nitrogens with one attached hydrogen (secondary N) is 1. The molecule has 3 aromatic rings.